The third-order valence-electron chi connectivity index (χ3n) is 3.95. The fourth-order valence-corrected chi connectivity index (χ4v) is 2.41. The molecule has 5 heteroatoms. The van der Waals surface area contributed by atoms with Crippen LogP contribution in [0, 0.1) is 5.92 Å². The molecule has 5 nitrogen and oxygen atoms in total. The Hall–Kier alpha value is -1.26. The van der Waals surface area contributed by atoms with Crippen molar-refractivity contribution in [2.45, 2.75) is 58.0 Å². The zero-order valence-electron chi connectivity index (χ0n) is 11.5. The van der Waals surface area contributed by atoms with Crippen molar-refractivity contribution < 1.29 is 14.7 Å². The van der Waals surface area contributed by atoms with Crippen molar-refractivity contribution in [3.8, 4) is 0 Å². The molecule has 0 aliphatic heterocycles. The Bertz CT molecular complexity index is 307. The summed E-state index contributed by atoms with van der Waals surface area (Å²) in [6, 6.07) is -0.887. The Morgan fingerprint density at radius 3 is 2.67 bits per heavy atom. The molecule has 1 aliphatic rings. The lowest BCUT2D eigenvalue weighted by Gasteiger charge is -2.31. The molecule has 0 aromatic heterocycles. The number of nitrogens with zero attached hydrogens (tertiary/aromatic N) is 1. The molecule has 1 aliphatic carbocycles. The fraction of sp³-hybridized carbons (Fsp3) is 0.846. The highest BCUT2D eigenvalue weighted by Crippen LogP contribution is 2.26. The van der Waals surface area contributed by atoms with Gasteiger partial charge in [-0.2, -0.15) is 0 Å². The van der Waals surface area contributed by atoms with Crippen molar-refractivity contribution in [3.05, 3.63) is 0 Å². The summed E-state index contributed by atoms with van der Waals surface area (Å²) in [4.78, 5) is 24.0. The molecule has 0 aromatic rings. The lowest BCUT2D eigenvalue weighted by Crippen LogP contribution is -2.49. The first kappa shape index (κ1) is 14.8. The van der Waals surface area contributed by atoms with Gasteiger partial charge in [-0.1, -0.05) is 26.2 Å². The van der Waals surface area contributed by atoms with E-state index in [9.17, 15) is 9.59 Å². The fourth-order valence-electron chi connectivity index (χ4n) is 2.41. The second-order valence-electron chi connectivity index (χ2n) is 5.21. The van der Waals surface area contributed by atoms with Crippen LogP contribution < -0.4 is 5.32 Å². The number of carboxylic acids is 1. The van der Waals surface area contributed by atoms with Crippen LogP contribution in [0.5, 0.6) is 0 Å². The van der Waals surface area contributed by atoms with E-state index in [-0.39, 0.29) is 12.1 Å². The normalized spacial score (nSPS) is 25.3. The summed E-state index contributed by atoms with van der Waals surface area (Å²) in [7, 11) is 1.52. The third kappa shape index (κ3) is 3.89. The van der Waals surface area contributed by atoms with E-state index in [4.69, 9.17) is 5.11 Å². The topological polar surface area (TPSA) is 69.6 Å². The molecule has 3 atom stereocenters. The summed E-state index contributed by atoms with van der Waals surface area (Å²) in [5.74, 6) is -0.297. The molecule has 0 aromatic carbocycles. The molecular weight excluding hydrogens is 232 g/mol. The van der Waals surface area contributed by atoms with Gasteiger partial charge < -0.3 is 15.3 Å². The molecule has 1 rings (SSSR count). The molecular formula is C13H24N2O3. The van der Waals surface area contributed by atoms with Gasteiger partial charge in [0.2, 0.25) is 0 Å². The second-order valence-corrected chi connectivity index (χ2v) is 5.21. The van der Waals surface area contributed by atoms with Gasteiger partial charge in [-0.3, -0.25) is 0 Å². The van der Waals surface area contributed by atoms with Gasteiger partial charge >= 0.3 is 12.0 Å². The van der Waals surface area contributed by atoms with Crippen molar-refractivity contribution in [1.82, 2.24) is 10.2 Å². The summed E-state index contributed by atoms with van der Waals surface area (Å²) in [6.07, 6.45) is 5.54. The molecule has 2 N–H and O–H groups in total. The van der Waals surface area contributed by atoms with Crippen molar-refractivity contribution in [2.75, 3.05) is 7.05 Å². The van der Waals surface area contributed by atoms with E-state index in [1.165, 1.54) is 25.3 Å². The second kappa shape index (κ2) is 6.61. The zero-order chi connectivity index (χ0) is 13.7. The van der Waals surface area contributed by atoms with Gasteiger partial charge in [-0.25, -0.2) is 9.59 Å². The van der Waals surface area contributed by atoms with E-state index in [2.05, 4.69) is 12.2 Å². The molecule has 0 spiro atoms. The largest absolute Gasteiger partial charge is 0.480 e. The van der Waals surface area contributed by atoms with Gasteiger partial charge in [-0.15, -0.1) is 0 Å². The quantitative estimate of drug-likeness (QED) is 0.809. The first-order valence-corrected chi connectivity index (χ1v) is 6.71. The Morgan fingerprint density at radius 1 is 1.44 bits per heavy atom. The lowest BCUT2D eigenvalue weighted by atomic mass is 9.84. The summed E-state index contributed by atoms with van der Waals surface area (Å²) < 4.78 is 0. The van der Waals surface area contributed by atoms with Crippen LogP contribution in [-0.4, -0.2) is 41.1 Å². The number of likely N-dealkylation sites (N-methyl/N-ethyl adjacent to an activating group) is 1. The van der Waals surface area contributed by atoms with Crippen LogP contribution in [-0.2, 0) is 4.79 Å². The minimum atomic E-state index is -0.984. The number of carboxylic acid groups (broad SMARTS) is 1. The van der Waals surface area contributed by atoms with Crippen molar-refractivity contribution in [3.63, 3.8) is 0 Å². The van der Waals surface area contributed by atoms with Crippen LogP contribution >= 0.6 is 0 Å². The Kier molecular flexibility index (Phi) is 5.44. The number of carbonyl (C=O) groups is 2. The van der Waals surface area contributed by atoms with Gasteiger partial charge in [0.25, 0.3) is 0 Å². The predicted molar refractivity (Wildman–Crippen MR) is 69.4 cm³/mol. The molecule has 0 saturated heterocycles. The average Bonchev–Trinajstić information content (AvgIpc) is 2.36. The minimum Gasteiger partial charge on any atom is -0.480 e. The SMILES string of the molecule is CCC1CCCC(NC(=O)N(C)C(C)C(=O)O)C1. The number of rotatable bonds is 4. The Labute approximate surface area is 109 Å². The molecule has 0 bridgehead atoms. The van der Waals surface area contributed by atoms with E-state index in [1.54, 1.807) is 0 Å². The molecule has 1 fully saturated rings. The summed E-state index contributed by atoms with van der Waals surface area (Å²) in [5.41, 5.74) is 0. The number of aliphatic carboxylic acids is 1. The highest BCUT2D eigenvalue weighted by atomic mass is 16.4. The van der Waals surface area contributed by atoms with Crippen LogP contribution in [0.15, 0.2) is 0 Å². The molecule has 0 heterocycles. The van der Waals surface area contributed by atoms with E-state index in [0.29, 0.717) is 5.92 Å². The number of carbonyl (C=O) groups excluding carboxylic acids is 1. The van der Waals surface area contributed by atoms with Crippen molar-refractivity contribution in [2.24, 2.45) is 5.92 Å². The Balaban J connectivity index is 2.46. The van der Waals surface area contributed by atoms with Gasteiger partial charge in [0.15, 0.2) is 0 Å². The van der Waals surface area contributed by atoms with E-state index < -0.39 is 12.0 Å². The van der Waals surface area contributed by atoms with Gasteiger partial charge in [-0.05, 0) is 25.7 Å². The molecule has 2 amide bonds. The molecule has 0 radical (unpaired) electrons. The van der Waals surface area contributed by atoms with Crippen molar-refractivity contribution in [1.29, 1.82) is 0 Å². The van der Waals surface area contributed by atoms with Gasteiger partial charge in [0.05, 0.1) is 0 Å². The maximum absolute atomic E-state index is 11.9. The number of hydrogen-bond acceptors (Lipinski definition) is 2. The number of urea groups is 1. The average molecular weight is 256 g/mol. The first-order chi connectivity index (χ1) is 8.45. The summed E-state index contributed by atoms with van der Waals surface area (Å²) in [6.45, 7) is 3.69. The number of amides is 2. The molecule has 18 heavy (non-hydrogen) atoms. The lowest BCUT2D eigenvalue weighted by molar-refractivity contribution is -0.141. The molecule has 1 saturated carbocycles. The summed E-state index contributed by atoms with van der Waals surface area (Å²) in [5, 5.41) is 11.8. The number of nitrogens with one attached hydrogen (secondary N) is 1. The first-order valence-electron chi connectivity index (χ1n) is 6.71. The van der Waals surface area contributed by atoms with Gasteiger partial charge in [0.1, 0.15) is 6.04 Å². The van der Waals surface area contributed by atoms with Crippen LogP contribution in [0.4, 0.5) is 4.79 Å². The highest BCUT2D eigenvalue weighted by Gasteiger charge is 2.26. The molecule has 104 valence electrons. The van der Waals surface area contributed by atoms with E-state index in [0.717, 1.165) is 25.7 Å². The van der Waals surface area contributed by atoms with Crippen LogP contribution in [0.25, 0.3) is 0 Å². The van der Waals surface area contributed by atoms with E-state index >= 15 is 0 Å². The van der Waals surface area contributed by atoms with E-state index in [1.807, 2.05) is 0 Å². The predicted octanol–water partition coefficient (Wildman–Crippen LogP) is 2.07. The van der Waals surface area contributed by atoms with Crippen LogP contribution in [0.2, 0.25) is 0 Å². The minimum absolute atomic E-state index is 0.194. The van der Waals surface area contributed by atoms with Crippen LogP contribution in [0.1, 0.15) is 46.0 Å². The Morgan fingerprint density at radius 2 is 2.11 bits per heavy atom. The molecule has 3 unspecified atom stereocenters. The highest BCUT2D eigenvalue weighted by molar-refractivity contribution is 5.82. The standard InChI is InChI=1S/C13H24N2O3/c1-4-10-6-5-7-11(8-10)14-13(18)15(3)9(2)12(16)17/h9-11H,4-8H2,1-3H3,(H,14,18)(H,16,17). The maximum atomic E-state index is 11.9. The van der Waals surface area contributed by atoms with Gasteiger partial charge in [0, 0.05) is 13.1 Å². The monoisotopic (exact) mass is 256 g/mol. The maximum Gasteiger partial charge on any atom is 0.326 e. The summed E-state index contributed by atoms with van der Waals surface area (Å²) >= 11 is 0. The van der Waals surface area contributed by atoms with Crippen molar-refractivity contribution >= 4 is 12.0 Å². The number of hydrogen-bond donors (Lipinski definition) is 2. The third-order valence-corrected chi connectivity index (χ3v) is 3.95. The smallest absolute Gasteiger partial charge is 0.326 e. The zero-order valence-corrected chi connectivity index (χ0v) is 11.5. The van der Waals surface area contributed by atoms with Crippen LogP contribution in [0.3, 0.4) is 0 Å².